The normalized spacial score (nSPS) is 22.0. The number of nitrogens with one attached hydrogen (secondary N) is 1. The van der Waals surface area contributed by atoms with E-state index in [0.29, 0.717) is 12.2 Å². The topological polar surface area (TPSA) is 54.3 Å². The van der Waals surface area contributed by atoms with Crippen LogP contribution in [0.1, 0.15) is 60.6 Å². The maximum Gasteiger partial charge on any atom is 0.275 e. The van der Waals surface area contributed by atoms with E-state index < -0.39 is 5.54 Å². The van der Waals surface area contributed by atoms with Crippen LogP contribution >= 0.6 is 11.3 Å². The minimum Gasteiger partial charge on any atom is -0.351 e. The number of benzene rings is 1. The van der Waals surface area contributed by atoms with Gasteiger partial charge < -0.3 is 9.88 Å². The summed E-state index contributed by atoms with van der Waals surface area (Å²) in [5, 5.41) is 5.34. The monoisotopic (exact) mass is 435 g/mol. The number of amides is 2. The van der Waals surface area contributed by atoms with E-state index in [1.54, 1.807) is 16.2 Å². The molecule has 5 rings (SSSR count). The zero-order chi connectivity index (χ0) is 21.8. The number of hydrogen-bond donors (Lipinski definition) is 1. The van der Waals surface area contributed by atoms with Crippen LogP contribution in [0.25, 0.3) is 10.2 Å². The first-order chi connectivity index (χ1) is 14.9. The van der Waals surface area contributed by atoms with Crippen LogP contribution < -0.4 is 10.2 Å². The maximum absolute atomic E-state index is 13.8. The summed E-state index contributed by atoms with van der Waals surface area (Å²) in [6.45, 7) is 6.42. The molecule has 1 atom stereocenters. The standard InChI is InChI=1S/C25H29N3O2S/c1-16-11-17(2)13-19(12-16)28-23(29)21-14-22-20(9-10-31-22)27(21)15-25(28,3)24(30)26-18-7-5-4-6-8-18/h9-14,18H,4-8,15H2,1-3H3,(H,26,30). The van der Waals surface area contributed by atoms with Crippen molar-refractivity contribution in [3.05, 3.63) is 52.5 Å². The van der Waals surface area contributed by atoms with E-state index in [9.17, 15) is 9.59 Å². The lowest BCUT2D eigenvalue weighted by Gasteiger charge is -2.45. The molecule has 0 radical (unpaired) electrons. The molecule has 3 heterocycles. The van der Waals surface area contributed by atoms with Crippen molar-refractivity contribution in [2.75, 3.05) is 4.90 Å². The van der Waals surface area contributed by atoms with Gasteiger partial charge in [0.1, 0.15) is 11.2 Å². The Labute approximate surface area is 187 Å². The van der Waals surface area contributed by atoms with Crippen LogP contribution in [0.15, 0.2) is 35.7 Å². The molecule has 6 heteroatoms. The van der Waals surface area contributed by atoms with E-state index in [2.05, 4.69) is 11.4 Å². The van der Waals surface area contributed by atoms with Gasteiger partial charge in [-0.3, -0.25) is 14.5 Å². The second kappa shape index (κ2) is 7.52. The lowest BCUT2D eigenvalue weighted by atomic mass is 9.90. The van der Waals surface area contributed by atoms with E-state index in [-0.39, 0.29) is 17.9 Å². The molecule has 162 valence electrons. The van der Waals surface area contributed by atoms with Crippen molar-refractivity contribution in [1.82, 2.24) is 9.88 Å². The van der Waals surface area contributed by atoms with Crippen molar-refractivity contribution in [1.29, 1.82) is 0 Å². The minimum absolute atomic E-state index is 0.0605. The quantitative estimate of drug-likeness (QED) is 0.616. The molecular formula is C25H29N3O2S. The van der Waals surface area contributed by atoms with Gasteiger partial charge in [-0.05, 0) is 74.4 Å². The Morgan fingerprint density at radius 1 is 1.10 bits per heavy atom. The number of nitrogens with zero attached hydrogens (tertiary/aromatic N) is 2. The highest BCUT2D eigenvalue weighted by Gasteiger charge is 2.49. The maximum atomic E-state index is 13.8. The van der Waals surface area contributed by atoms with Gasteiger partial charge in [-0.15, -0.1) is 11.3 Å². The average Bonchev–Trinajstić information content (AvgIpc) is 3.30. The van der Waals surface area contributed by atoms with Gasteiger partial charge >= 0.3 is 0 Å². The summed E-state index contributed by atoms with van der Waals surface area (Å²) in [5.74, 6) is -0.171. The van der Waals surface area contributed by atoms with Gasteiger partial charge in [-0.1, -0.05) is 25.3 Å². The summed E-state index contributed by atoms with van der Waals surface area (Å²) >= 11 is 1.63. The number of carbonyl (C=O) groups excluding carboxylic acids is 2. The van der Waals surface area contributed by atoms with Crippen LogP contribution in [0.2, 0.25) is 0 Å². The Hall–Kier alpha value is -2.60. The van der Waals surface area contributed by atoms with Gasteiger partial charge in [0, 0.05) is 11.7 Å². The van der Waals surface area contributed by atoms with E-state index in [1.807, 2.05) is 55.0 Å². The van der Waals surface area contributed by atoms with E-state index in [4.69, 9.17) is 0 Å². The fraction of sp³-hybridized carbons (Fsp3) is 0.440. The summed E-state index contributed by atoms with van der Waals surface area (Å²) in [6.07, 6.45) is 5.57. The zero-order valence-corrected chi connectivity index (χ0v) is 19.2. The SMILES string of the molecule is Cc1cc(C)cc(N2C(=O)c3cc4sccc4n3CC2(C)C(=O)NC2CCCCC2)c1. The molecule has 2 amide bonds. The number of aromatic nitrogens is 1. The highest BCUT2D eigenvalue weighted by molar-refractivity contribution is 7.17. The third-order valence-electron chi connectivity index (χ3n) is 6.80. The van der Waals surface area contributed by atoms with Crippen LogP contribution in [0.5, 0.6) is 0 Å². The van der Waals surface area contributed by atoms with Crippen molar-refractivity contribution < 1.29 is 9.59 Å². The predicted molar refractivity (Wildman–Crippen MR) is 126 cm³/mol. The van der Waals surface area contributed by atoms with Gasteiger partial charge in [-0.25, -0.2) is 0 Å². The summed E-state index contributed by atoms with van der Waals surface area (Å²) in [4.78, 5) is 29.4. The molecule has 1 aromatic carbocycles. The van der Waals surface area contributed by atoms with Crippen LogP contribution in [0.3, 0.4) is 0 Å². The first-order valence-corrected chi connectivity index (χ1v) is 12.1. The molecule has 3 aromatic rings. The van der Waals surface area contributed by atoms with Crippen molar-refractivity contribution in [3.8, 4) is 0 Å². The Balaban J connectivity index is 1.62. The predicted octanol–water partition coefficient (Wildman–Crippen LogP) is 5.19. The van der Waals surface area contributed by atoms with Gasteiger partial charge in [0.25, 0.3) is 5.91 Å². The lowest BCUT2D eigenvalue weighted by Crippen LogP contribution is -2.65. The van der Waals surface area contributed by atoms with E-state index in [0.717, 1.165) is 52.7 Å². The number of anilines is 1. The van der Waals surface area contributed by atoms with Crippen LogP contribution in [-0.4, -0.2) is 28.0 Å². The van der Waals surface area contributed by atoms with Crippen molar-refractivity contribution >= 4 is 39.1 Å². The van der Waals surface area contributed by atoms with Gasteiger partial charge in [0.15, 0.2) is 0 Å². The van der Waals surface area contributed by atoms with Crippen LogP contribution in [0.4, 0.5) is 5.69 Å². The van der Waals surface area contributed by atoms with Crippen molar-refractivity contribution in [2.24, 2.45) is 0 Å². The smallest absolute Gasteiger partial charge is 0.275 e. The molecule has 1 aliphatic heterocycles. The molecule has 0 bridgehead atoms. The van der Waals surface area contributed by atoms with Gasteiger partial charge in [0.2, 0.25) is 5.91 Å². The molecule has 1 fully saturated rings. The highest BCUT2D eigenvalue weighted by atomic mass is 32.1. The number of aryl methyl sites for hydroxylation is 2. The Bertz CT molecular complexity index is 1150. The van der Waals surface area contributed by atoms with Crippen molar-refractivity contribution in [2.45, 2.75) is 71.0 Å². The molecule has 1 aliphatic carbocycles. The zero-order valence-electron chi connectivity index (χ0n) is 18.4. The molecule has 1 saturated carbocycles. The molecule has 1 N–H and O–H groups in total. The summed E-state index contributed by atoms with van der Waals surface area (Å²) in [5.41, 5.74) is 3.64. The summed E-state index contributed by atoms with van der Waals surface area (Å²) in [7, 11) is 0. The third-order valence-corrected chi connectivity index (χ3v) is 7.65. The van der Waals surface area contributed by atoms with E-state index in [1.165, 1.54) is 6.42 Å². The summed E-state index contributed by atoms with van der Waals surface area (Å²) in [6, 6.07) is 10.3. The van der Waals surface area contributed by atoms with Gasteiger partial charge in [0.05, 0.1) is 16.8 Å². The second-order valence-corrected chi connectivity index (χ2v) is 10.3. The fourth-order valence-corrected chi connectivity index (χ4v) is 6.11. The number of hydrogen-bond acceptors (Lipinski definition) is 3. The average molecular weight is 436 g/mol. The number of rotatable bonds is 3. The molecule has 31 heavy (non-hydrogen) atoms. The van der Waals surface area contributed by atoms with Crippen LogP contribution in [-0.2, 0) is 11.3 Å². The molecular weight excluding hydrogens is 406 g/mol. The Morgan fingerprint density at radius 3 is 2.52 bits per heavy atom. The number of thiophene rings is 1. The van der Waals surface area contributed by atoms with Gasteiger partial charge in [-0.2, -0.15) is 0 Å². The number of fused-ring (bicyclic) bond motifs is 3. The minimum atomic E-state index is -1.00. The first-order valence-electron chi connectivity index (χ1n) is 11.2. The van der Waals surface area contributed by atoms with Crippen LogP contribution in [0, 0.1) is 13.8 Å². The molecule has 1 unspecified atom stereocenters. The molecule has 0 spiro atoms. The highest BCUT2D eigenvalue weighted by Crippen LogP contribution is 2.38. The largest absolute Gasteiger partial charge is 0.351 e. The Kier molecular flexibility index (Phi) is 4.93. The first kappa shape index (κ1) is 20.3. The van der Waals surface area contributed by atoms with E-state index >= 15 is 0 Å². The summed E-state index contributed by atoms with van der Waals surface area (Å²) < 4.78 is 3.12. The third kappa shape index (κ3) is 3.37. The number of carbonyl (C=O) groups is 2. The lowest BCUT2D eigenvalue weighted by molar-refractivity contribution is -0.127. The molecule has 5 nitrogen and oxygen atoms in total. The molecule has 0 saturated heterocycles. The van der Waals surface area contributed by atoms with Crippen molar-refractivity contribution in [3.63, 3.8) is 0 Å². The second-order valence-electron chi connectivity index (χ2n) is 9.35. The Morgan fingerprint density at radius 2 is 1.81 bits per heavy atom. The molecule has 2 aliphatic rings. The molecule has 2 aromatic heterocycles. The fourth-order valence-electron chi connectivity index (χ4n) is 5.28.